The fourth-order valence-electron chi connectivity index (χ4n) is 1.89. The molecule has 19 heavy (non-hydrogen) atoms. The maximum Gasteiger partial charge on any atom is 0.294 e. The van der Waals surface area contributed by atoms with Crippen LogP contribution in [0.1, 0.15) is 19.8 Å². The van der Waals surface area contributed by atoms with Crippen LogP contribution in [-0.4, -0.2) is 23.8 Å². The molecule has 1 heterocycles. The lowest BCUT2D eigenvalue weighted by Gasteiger charge is -2.12. The standard InChI is InChI=1S/C14H17NO4/c1-3-4-7-19-13-12(18-2)10-6-5-9(16)8-11(10)15-14(13)17/h5-6,8,16H,3-4,7H2,1-2H3,(H,15,17). The molecular weight excluding hydrogens is 246 g/mol. The summed E-state index contributed by atoms with van der Waals surface area (Å²) in [6.07, 6.45) is 1.86. The maximum atomic E-state index is 12.0. The van der Waals surface area contributed by atoms with Gasteiger partial charge in [0, 0.05) is 11.5 Å². The summed E-state index contributed by atoms with van der Waals surface area (Å²) in [6, 6.07) is 4.71. The third-order valence-corrected chi connectivity index (χ3v) is 2.86. The number of phenolic OH excluding ortho intramolecular Hbond substituents is 1. The Bertz CT molecular complexity index is 633. The number of methoxy groups -OCH3 is 1. The van der Waals surface area contributed by atoms with Crippen LogP contribution in [0, 0.1) is 0 Å². The van der Waals surface area contributed by atoms with Gasteiger partial charge in [0.2, 0.25) is 5.75 Å². The van der Waals surface area contributed by atoms with Crippen LogP contribution in [0.2, 0.25) is 0 Å². The van der Waals surface area contributed by atoms with E-state index in [2.05, 4.69) is 4.98 Å². The molecule has 0 fully saturated rings. The third kappa shape index (κ3) is 2.65. The molecule has 5 heteroatoms. The molecule has 0 aliphatic rings. The Morgan fingerprint density at radius 1 is 1.32 bits per heavy atom. The second kappa shape index (κ2) is 5.65. The minimum Gasteiger partial charge on any atom is -0.508 e. The van der Waals surface area contributed by atoms with E-state index in [1.807, 2.05) is 6.92 Å². The van der Waals surface area contributed by atoms with Gasteiger partial charge in [-0.15, -0.1) is 0 Å². The van der Waals surface area contributed by atoms with Crippen molar-refractivity contribution in [2.24, 2.45) is 0 Å². The molecule has 102 valence electrons. The number of pyridine rings is 1. The minimum absolute atomic E-state index is 0.0878. The third-order valence-electron chi connectivity index (χ3n) is 2.86. The summed E-state index contributed by atoms with van der Waals surface area (Å²) in [5.41, 5.74) is 0.163. The van der Waals surface area contributed by atoms with Gasteiger partial charge in [-0.25, -0.2) is 0 Å². The summed E-state index contributed by atoms with van der Waals surface area (Å²) in [4.78, 5) is 14.7. The van der Waals surface area contributed by atoms with Crippen LogP contribution in [0.15, 0.2) is 23.0 Å². The number of fused-ring (bicyclic) bond motifs is 1. The van der Waals surface area contributed by atoms with Crippen molar-refractivity contribution in [3.63, 3.8) is 0 Å². The molecule has 1 aromatic heterocycles. The first-order chi connectivity index (χ1) is 9.17. The molecule has 0 aliphatic carbocycles. The molecule has 5 nitrogen and oxygen atoms in total. The van der Waals surface area contributed by atoms with Crippen molar-refractivity contribution in [2.75, 3.05) is 13.7 Å². The van der Waals surface area contributed by atoms with Crippen molar-refractivity contribution in [1.29, 1.82) is 0 Å². The van der Waals surface area contributed by atoms with Gasteiger partial charge >= 0.3 is 0 Å². The van der Waals surface area contributed by atoms with Crippen LogP contribution in [0.3, 0.4) is 0 Å². The van der Waals surface area contributed by atoms with Gasteiger partial charge in [-0.1, -0.05) is 13.3 Å². The Labute approximate surface area is 110 Å². The summed E-state index contributed by atoms with van der Waals surface area (Å²) in [5, 5.41) is 10.1. The lowest BCUT2D eigenvalue weighted by molar-refractivity contribution is 0.286. The Morgan fingerprint density at radius 2 is 2.11 bits per heavy atom. The highest BCUT2D eigenvalue weighted by Gasteiger charge is 2.14. The number of hydrogen-bond donors (Lipinski definition) is 2. The van der Waals surface area contributed by atoms with E-state index < -0.39 is 0 Å². The number of nitrogens with one attached hydrogen (secondary N) is 1. The number of aromatic hydroxyl groups is 1. The quantitative estimate of drug-likeness (QED) is 0.813. The molecule has 0 radical (unpaired) electrons. The van der Waals surface area contributed by atoms with Crippen molar-refractivity contribution in [3.8, 4) is 17.2 Å². The monoisotopic (exact) mass is 263 g/mol. The van der Waals surface area contributed by atoms with Crippen LogP contribution >= 0.6 is 0 Å². The van der Waals surface area contributed by atoms with Crippen molar-refractivity contribution in [1.82, 2.24) is 4.98 Å². The SMILES string of the molecule is CCCCOc1c(OC)c2ccc(O)cc2[nH]c1=O. The van der Waals surface area contributed by atoms with E-state index in [1.165, 1.54) is 13.2 Å². The van der Waals surface area contributed by atoms with Crippen LogP contribution in [0.25, 0.3) is 10.9 Å². The molecule has 0 bridgehead atoms. The fraction of sp³-hybridized carbons (Fsp3) is 0.357. The summed E-state index contributed by atoms with van der Waals surface area (Å²) < 4.78 is 10.8. The average Bonchev–Trinajstić information content (AvgIpc) is 2.39. The van der Waals surface area contributed by atoms with Gasteiger partial charge in [0.1, 0.15) is 5.75 Å². The van der Waals surface area contributed by atoms with E-state index in [-0.39, 0.29) is 17.1 Å². The number of benzene rings is 1. The highest BCUT2D eigenvalue weighted by atomic mass is 16.5. The van der Waals surface area contributed by atoms with Crippen LogP contribution < -0.4 is 15.0 Å². The lowest BCUT2D eigenvalue weighted by Crippen LogP contribution is -2.13. The molecule has 0 saturated carbocycles. The van der Waals surface area contributed by atoms with Crippen molar-refractivity contribution in [2.45, 2.75) is 19.8 Å². The zero-order valence-electron chi connectivity index (χ0n) is 11.0. The zero-order valence-corrected chi connectivity index (χ0v) is 11.0. The van der Waals surface area contributed by atoms with Crippen LogP contribution in [0.5, 0.6) is 17.2 Å². The minimum atomic E-state index is -0.356. The number of H-pyrrole nitrogens is 1. The predicted octanol–water partition coefficient (Wildman–Crippen LogP) is 2.42. The van der Waals surface area contributed by atoms with Gasteiger partial charge in [-0.05, 0) is 18.6 Å². The largest absolute Gasteiger partial charge is 0.508 e. The predicted molar refractivity (Wildman–Crippen MR) is 73.2 cm³/mol. The number of phenols is 1. The maximum absolute atomic E-state index is 12.0. The number of aromatic amines is 1. The van der Waals surface area contributed by atoms with Gasteiger partial charge in [0.15, 0.2) is 5.75 Å². The molecule has 0 amide bonds. The summed E-state index contributed by atoms with van der Waals surface area (Å²) >= 11 is 0. The first kappa shape index (κ1) is 13.3. The van der Waals surface area contributed by atoms with E-state index in [0.29, 0.717) is 23.3 Å². The van der Waals surface area contributed by atoms with Crippen LogP contribution in [0.4, 0.5) is 0 Å². The van der Waals surface area contributed by atoms with Crippen molar-refractivity contribution >= 4 is 10.9 Å². The second-order valence-electron chi connectivity index (χ2n) is 4.25. The number of aromatic nitrogens is 1. The molecule has 2 rings (SSSR count). The summed E-state index contributed by atoms with van der Waals surface area (Å²) in [6.45, 7) is 2.52. The molecule has 0 spiro atoms. The first-order valence-electron chi connectivity index (χ1n) is 6.23. The average molecular weight is 263 g/mol. The number of ether oxygens (including phenoxy) is 2. The van der Waals surface area contributed by atoms with Gasteiger partial charge in [-0.3, -0.25) is 4.79 Å². The normalized spacial score (nSPS) is 10.6. The highest BCUT2D eigenvalue weighted by molar-refractivity contribution is 5.88. The Hall–Kier alpha value is -2.17. The van der Waals surface area contributed by atoms with E-state index in [9.17, 15) is 9.90 Å². The fourth-order valence-corrected chi connectivity index (χ4v) is 1.89. The number of unbranched alkanes of at least 4 members (excludes halogenated alkanes) is 1. The molecule has 0 saturated heterocycles. The van der Waals surface area contributed by atoms with Crippen molar-refractivity contribution in [3.05, 3.63) is 28.6 Å². The molecule has 0 atom stereocenters. The summed E-state index contributed by atoms with van der Waals surface area (Å²) in [7, 11) is 1.49. The van der Waals surface area contributed by atoms with Gasteiger partial charge in [0.25, 0.3) is 5.56 Å². The summed E-state index contributed by atoms with van der Waals surface area (Å²) in [5.74, 6) is 0.675. The lowest BCUT2D eigenvalue weighted by atomic mass is 10.2. The van der Waals surface area contributed by atoms with Gasteiger partial charge in [-0.2, -0.15) is 0 Å². The topological polar surface area (TPSA) is 71.5 Å². The molecule has 1 aromatic carbocycles. The molecular formula is C14H17NO4. The van der Waals surface area contributed by atoms with E-state index in [0.717, 1.165) is 12.8 Å². The van der Waals surface area contributed by atoms with Crippen molar-refractivity contribution < 1.29 is 14.6 Å². The Morgan fingerprint density at radius 3 is 2.79 bits per heavy atom. The van der Waals surface area contributed by atoms with Crippen LogP contribution in [-0.2, 0) is 0 Å². The zero-order chi connectivity index (χ0) is 13.8. The van der Waals surface area contributed by atoms with E-state index in [1.54, 1.807) is 12.1 Å². The second-order valence-corrected chi connectivity index (χ2v) is 4.25. The number of rotatable bonds is 5. The highest BCUT2D eigenvalue weighted by Crippen LogP contribution is 2.32. The van der Waals surface area contributed by atoms with E-state index in [4.69, 9.17) is 9.47 Å². The molecule has 0 unspecified atom stereocenters. The molecule has 0 aliphatic heterocycles. The van der Waals surface area contributed by atoms with Gasteiger partial charge < -0.3 is 19.6 Å². The first-order valence-corrected chi connectivity index (χ1v) is 6.23. The molecule has 2 N–H and O–H groups in total. The number of hydrogen-bond acceptors (Lipinski definition) is 4. The Kier molecular flexibility index (Phi) is 3.94. The van der Waals surface area contributed by atoms with E-state index >= 15 is 0 Å². The Balaban J connectivity index is 2.54. The van der Waals surface area contributed by atoms with Gasteiger partial charge in [0.05, 0.1) is 19.2 Å². The molecule has 2 aromatic rings. The smallest absolute Gasteiger partial charge is 0.294 e.